The van der Waals surface area contributed by atoms with E-state index in [1.807, 2.05) is 0 Å². The molecule has 0 aliphatic carbocycles. The number of nitro benzene ring substituents is 1. The van der Waals surface area contributed by atoms with Gasteiger partial charge in [0.05, 0.1) is 22.1 Å². The number of nitrogens with one attached hydrogen (secondary N) is 2. The van der Waals surface area contributed by atoms with Gasteiger partial charge in [-0.05, 0) is 41.1 Å². The van der Waals surface area contributed by atoms with E-state index in [9.17, 15) is 23.3 Å². The molecule has 8 nitrogen and oxygen atoms in total. The Morgan fingerprint density at radius 3 is 2.52 bits per heavy atom. The summed E-state index contributed by atoms with van der Waals surface area (Å²) in [5.41, 5.74) is 0.199. The molecule has 0 radical (unpaired) electrons. The maximum atomic E-state index is 12.3. The smallest absolute Gasteiger partial charge is 0.273 e. The van der Waals surface area contributed by atoms with E-state index in [1.165, 1.54) is 25.1 Å². The molecule has 0 fully saturated rings. The maximum absolute atomic E-state index is 12.3. The molecule has 0 aliphatic heterocycles. The van der Waals surface area contributed by atoms with Crippen LogP contribution in [0.5, 0.6) is 0 Å². The summed E-state index contributed by atoms with van der Waals surface area (Å²) in [5, 5.41) is 13.5. The van der Waals surface area contributed by atoms with Gasteiger partial charge in [-0.3, -0.25) is 14.9 Å². The number of carbonyl (C=O) groups is 1. The molecule has 0 atom stereocenters. The first kappa shape index (κ1) is 19.0. The highest BCUT2D eigenvalue weighted by atomic mass is 79.9. The van der Waals surface area contributed by atoms with E-state index in [1.54, 1.807) is 24.3 Å². The zero-order valence-electron chi connectivity index (χ0n) is 13.0. The summed E-state index contributed by atoms with van der Waals surface area (Å²) in [6, 6.07) is 10.6. The van der Waals surface area contributed by atoms with Crippen molar-refractivity contribution >= 4 is 43.2 Å². The summed E-state index contributed by atoms with van der Waals surface area (Å²) in [6.07, 6.45) is 0. The van der Waals surface area contributed by atoms with Gasteiger partial charge >= 0.3 is 0 Å². The second-order valence-electron chi connectivity index (χ2n) is 5.01. The van der Waals surface area contributed by atoms with Crippen molar-refractivity contribution in [3.05, 3.63) is 62.6 Å². The lowest BCUT2D eigenvalue weighted by molar-refractivity contribution is -0.385. The van der Waals surface area contributed by atoms with Crippen LogP contribution in [0.4, 0.5) is 11.4 Å². The normalized spacial score (nSPS) is 11.1. The topological polar surface area (TPSA) is 118 Å². The number of para-hydroxylation sites is 1. The Hall–Kier alpha value is -2.30. The van der Waals surface area contributed by atoms with Crippen molar-refractivity contribution in [2.75, 3.05) is 11.9 Å². The standard InChI is InChI=1S/C15H14BrN3O5S/c1-10-13(19(21)22)7-4-8-14(10)25(23,24)17-9-15(20)18-12-6-3-2-5-11(12)16/h2-8,17H,9H2,1H3,(H,18,20). The largest absolute Gasteiger partial charge is 0.324 e. The average Bonchev–Trinajstić information content (AvgIpc) is 2.55. The second-order valence-corrected chi connectivity index (χ2v) is 7.60. The van der Waals surface area contributed by atoms with Crippen molar-refractivity contribution in [3.8, 4) is 0 Å². The fourth-order valence-corrected chi connectivity index (χ4v) is 3.71. The molecule has 0 unspecified atom stereocenters. The van der Waals surface area contributed by atoms with Crippen molar-refractivity contribution < 1.29 is 18.1 Å². The number of hydrogen-bond donors (Lipinski definition) is 2. The number of sulfonamides is 1. The van der Waals surface area contributed by atoms with Gasteiger partial charge in [0, 0.05) is 16.1 Å². The Labute approximate surface area is 152 Å². The molecule has 0 saturated heterocycles. The van der Waals surface area contributed by atoms with E-state index in [0.29, 0.717) is 10.2 Å². The number of benzene rings is 2. The van der Waals surface area contributed by atoms with Crippen LogP contribution in [-0.4, -0.2) is 25.8 Å². The van der Waals surface area contributed by atoms with Crippen LogP contribution >= 0.6 is 15.9 Å². The Balaban J connectivity index is 2.12. The van der Waals surface area contributed by atoms with Crippen LogP contribution in [0.25, 0.3) is 0 Å². The van der Waals surface area contributed by atoms with Gasteiger partial charge in [-0.15, -0.1) is 0 Å². The van der Waals surface area contributed by atoms with Crippen LogP contribution in [0, 0.1) is 17.0 Å². The van der Waals surface area contributed by atoms with E-state index in [4.69, 9.17) is 0 Å². The minimum atomic E-state index is -4.07. The lowest BCUT2D eigenvalue weighted by Crippen LogP contribution is -2.33. The molecule has 10 heteroatoms. The van der Waals surface area contributed by atoms with Gasteiger partial charge in [0.1, 0.15) is 0 Å². The molecule has 0 spiro atoms. The number of hydrogen-bond acceptors (Lipinski definition) is 5. The fraction of sp³-hybridized carbons (Fsp3) is 0.133. The summed E-state index contributed by atoms with van der Waals surface area (Å²) < 4.78 is 27.5. The van der Waals surface area contributed by atoms with Crippen molar-refractivity contribution in [1.29, 1.82) is 0 Å². The molecule has 0 heterocycles. The molecular formula is C15H14BrN3O5S. The third-order valence-electron chi connectivity index (χ3n) is 3.31. The molecule has 2 rings (SSSR count). The first-order chi connectivity index (χ1) is 11.7. The van der Waals surface area contributed by atoms with Gasteiger partial charge in [0.2, 0.25) is 15.9 Å². The number of amides is 1. The average molecular weight is 428 g/mol. The molecule has 0 aliphatic rings. The number of nitrogens with zero attached hydrogens (tertiary/aromatic N) is 1. The molecule has 0 aromatic heterocycles. The molecule has 0 bridgehead atoms. The van der Waals surface area contributed by atoms with Gasteiger partial charge in [-0.1, -0.05) is 18.2 Å². The van der Waals surface area contributed by atoms with Crippen molar-refractivity contribution in [1.82, 2.24) is 4.72 Å². The van der Waals surface area contributed by atoms with E-state index in [0.717, 1.165) is 0 Å². The van der Waals surface area contributed by atoms with Crippen LogP contribution in [-0.2, 0) is 14.8 Å². The Morgan fingerprint density at radius 2 is 1.88 bits per heavy atom. The Morgan fingerprint density at radius 1 is 1.20 bits per heavy atom. The minimum Gasteiger partial charge on any atom is -0.324 e. The summed E-state index contributed by atoms with van der Waals surface area (Å²) >= 11 is 3.27. The Bertz CT molecular complexity index is 931. The number of carbonyl (C=O) groups excluding carboxylic acids is 1. The summed E-state index contributed by atoms with van der Waals surface area (Å²) in [4.78, 5) is 22.0. The molecule has 0 saturated carbocycles. The lowest BCUT2D eigenvalue weighted by atomic mass is 10.2. The predicted octanol–water partition coefficient (Wildman–Crippen LogP) is 2.58. The van der Waals surface area contributed by atoms with Crippen LogP contribution in [0.3, 0.4) is 0 Å². The van der Waals surface area contributed by atoms with Crippen LogP contribution in [0.15, 0.2) is 51.8 Å². The van der Waals surface area contributed by atoms with Gasteiger partial charge in [0.15, 0.2) is 0 Å². The molecule has 2 N–H and O–H groups in total. The molecule has 132 valence electrons. The predicted molar refractivity (Wildman–Crippen MR) is 95.8 cm³/mol. The minimum absolute atomic E-state index is 0.00575. The van der Waals surface area contributed by atoms with E-state index >= 15 is 0 Å². The second kappa shape index (κ2) is 7.72. The first-order valence-corrected chi connectivity index (χ1v) is 9.28. The lowest BCUT2D eigenvalue weighted by Gasteiger charge is -2.10. The highest BCUT2D eigenvalue weighted by Crippen LogP contribution is 2.24. The zero-order chi connectivity index (χ0) is 18.6. The fourth-order valence-electron chi connectivity index (χ4n) is 2.09. The van der Waals surface area contributed by atoms with Crippen LogP contribution < -0.4 is 10.0 Å². The van der Waals surface area contributed by atoms with Gasteiger partial charge < -0.3 is 5.32 Å². The monoisotopic (exact) mass is 427 g/mol. The SMILES string of the molecule is Cc1c([N+](=O)[O-])cccc1S(=O)(=O)NCC(=O)Nc1ccccc1Br. The molecular weight excluding hydrogens is 414 g/mol. The van der Waals surface area contributed by atoms with Crippen LogP contribution in [0.1, 0.15) is 5.56 Å². The number of rotatable bonds is 6. The molecule has 25 heavy (non-hydrogen) atoms. The molecule has 2 aromatic rings. The third-order valence-corrected chi connectivity index (χ3v) is 5.55. The Kier molecular flexibility index (Phi) is 5.88. The molecule has 1 amide bonds. The highest BCUT2D eigenvalue weighted by Gasteiger charge is 2.23. The van der Waals surface area contributed by atoms with Gasteiger partial charge in [-0.25, -0.2) is 13.1 Å². The number of anilines is 1. The highest BCUT2D eigenvalue weighted by molar-refractivity contribution is 9.10. The number of nitro groups is 1. The van der Waals surface area contributed by atoms with E-state index in [2.05, 4.69) is 26.0 Å². The van der Waals surface area contributed by atoms with E-state index < -0.39 is 27.4 Å². The van der Waals surface area contributed by atoms with Gasteiger partial charge in [-0.2, -0.15) is 0 Å². The maximum Gasteiger partial charge on any atom is 0.273 e. The van der Waals surface area contributed by atoms with Crippen molar-refractivity contribution in [3.63, 3.8) is 0 Å². The van der Waals surface area contributed by atoms with Crippen molar-refractivity contribution in [2.45, 2.75) is 11.8 Å². The zero-order valence-corrected chi connectivity index (χ0v) is 15.4. The summed E-state index contributed by atoms with van der Waals surface area (Å²) in [7, 11) is -4.07. The summed E-state index contributed by atoms with van der Waals surface area (Å²) in [6.45, 7) is 0.833. The van der Waals surface area contributed by atoms with E-state index in [-0.39, 0.29) is 16.1 Å². The van der Waals surface area contributed by atoms with Crippen molar-refractivity contribution in [2.24, 2.45) is 0 Å². The molecule has 2 aromatic carbocycles. The third kappa shape index (κ3) is 4.62. The van der Waals surface area contributed by atoms with Gasteiger partial charge in [0.25, 0.3) is 5.69 Å². The summed E-state index contributed by atoms with van der Waals surface area (Å²) in [5.74, 6) is -0.571. The number of halogens is 1. The quantitative estimate of drug-likeness (QED) is 0.542. The van der Waals surface area contributed by atoms with Crippen LogP contribution in [0.2, 0.25) is 0 Å². The first-order valence-electron chi connectivity index (χ1n) is 7.00.